The van der Waals surface area contributed by atoms with Gasteiger partial charge in [0.2, 0.25) is 0 Å². The summed E-state index contributed by atoms with van der Waals surface area (Å²) >= 11 is 0. The van der Waals surface area contributed by atoms with E-state index < -0.39 is 7.60 Å². The van der Waals surface area contributed by atoms with E-state index in [0.29, 0.717) is 5.57 Å². The summed E-state index contributed by atoms with van der Waals surface area (Å²) in [7, 11) is -3.53. The van der Waals surface area contributed by atoms with E-state index in [0.717, 1.165) is 5.56 Å². The monoisotopic (exact) mass is 279 g/mol. The molecule has 0 heterocycles. The van der Waals surface area contributed by atoms with E-state index in [-0.39, 0.29) is 18.5 Å². The van der Waals surface area contributed by atoms with E-state index in [9.17, 15) is 9.83 Å². The SMILES string of the molecule is CCOP(=O)(OCC)/C(C#N)=C(\C)c1ccccc1. The van der Waals surface area contributed by atoms with Crippen molar-refractivity contribution < 1.29 is 13.6 Å². The van der Waals surface area contributed by atoms with Crippen molar-refractivity contribution in [3.8, 4) is 6.07 Å². The summed E-state index contributed by atoms with van der Waals surface area (Å²) in [4.78, 5) is 0. The molecule has 0 spiro atoms. The van der Waals surface area contributed by atoms with Crippen LogP contribution in [0.2, 0.25) is 0 Å². The molecule has 1 rings (SSSR count). The molecule has 0 saturated heterocycles. The third kappa shape index (κ3) is 3.78. The topological polar surface area (TPSA) is 59.3 Å². The van der Waals surface area contributed by atoms with E-state index in [4.69, 9.17) is 9.05 Å². The fourth-order valence-corrected chi connectivity index (χ4v) is 3.36. The van der Waals surface area contributed by atoms with Gasteiger partial charge in [0.05, 0.1) is 13.2 Å². The lowest BCUT2D eigenvalue weighted by molar-refractivity contribution is 0.227. The lowest BCUT2D eigenvalue weighted by atomic mass is 10.1. The Hall–Kier alpha value is -1.40. The Morgan fingerprint density at radius 2 is 1.74 bits per heavy atom. The predicted molar refractivity (Wildman–Crippen MR) is 75.5 cm³/mol. The highest BCUT2D eigenvalue weighted by molar-refractivity contribution is 7.59. The van der Waals surface area contributed by atoms with Gasteiger partial charge in [-0.1, -0.05) is 30.3 Å². The number of hydrogen-bond donors (Lipinski definition) is 0. The highest BCUT2D eigenvalue weighted by Crippen LogP contribution is 2.57. The van der Waals surface area contributed by atoms with Gasteiger partial charge in [0.15, 0.2) is 0 Å². The zero-order valence-corrected chi connectivity index (χ0v) is 12.3. The molecule has 0 amide bonds. The summed E-state index contributed by atoms with van der Waals surface area (Å²) in [6.45, 7) is 5.64. The van der Waals surface area contributed by atoms with Gasteiger partial charge in [0.1, 0.15) is 11.4 Å². The summed E-state index contributed by atoms with van der Waals surface area (Å²) in [6, 6.07) is 11.3. The highest BCUT2D eigenvalue weighted by Gasteiger charge is 2.32. The van der Waals surface area contributed by atoms with E-state index in [1.807, 2.05) is 36.4 Å². The molecule has 0 N–H and O–H groups in total. The van der Waals surface area contributed by atoms with Gasteiger partial charge in [-0.05, 0) is 31.9 Å². The molecular weight excluding hydrogens is 261 g/mol. The molecule has 0 aliphatic carbocycles. The van der Waals surface area contributed by atoms with Gasteiger partial charge in [0, 0.05) is 0 Å². The van der Waals surface area contributed by atoms with Crippen molar-refractivity contribution in [2.24, 2.45) is 0 Å². The van der Waals surface area contributed by atoms with Crippen molar-refractivity contribution in [3.05, 3.63) is 41.2 Å². The summed E-state index contributed by atoms with van der Waals surface area (Å²) in [5, 5.41) is 9.38. The minimum atomic E-state index is -3.53. The zero-order valence-electron chi connectivity index (χ0n) is 11.4. The standard InChI is InChI=1S/C14H18NO3P/c1-4-17-19(16,18-5-2)14(11-15)12(3)13-9-7-6-8-10-13/h6-10H,4-5H2,1-3H3/b14-12+. The Bertz CT molecular complexity index is 521. The van der Waals surface area contributed by atoms with Crippen LogP contribution >= 0.6 is 7.60 Å². The Morgan fingerprint density at radius 3 is 2.16 bits per heavy atom. The van der Waals surface area contributed by atoms with Crippen LogP contribution in [-0.4, -0.2) is 13.2 Å². The summed E-state index contributed by atoms with van der Waals surface area (Å²) in [5.41, 5.74) is 1.45. The third-order valence-electron chi connectivity index (χ3n) is 2.54. The third-order valence-corrected chi connectivity index (χ3v) is 4.72. The molecule has 1 aromatic rings. The van der Waals surface area contributed by atoms with E-state index in [1.165, 1.54) is 0 Å². The van der Waals surface area contributed by atoms with Crippen molar-refractivity contribution in [2.45, 2.75) is 20.8 Å². The smallest absolute Gasteiger partial charge is 0.305 e. The molecule has 4 nitrogen and oxygen atoms in total. The first-order valence-electron chi connectivity index (χ1n) is 6.15. The van der Waals surface area contributed by atoms with Gasteiger partial charge in [-0.3, -0.25) is 4.57 Å². The fourth-order valence-electron chi connectivity index (χ4n) is 1.68. The number of benzene rings is 1. The van der Waals surface area contributed by atoms with Crippen LogP contribution in [0.4, 0.5) is 0 Å². The molecule has 0 aliphatic heterocycles. The largest absolute Gasteiger partial charge is 0.372 e. The van der Waals surface area contributed by atoms with Crippen molar-refractivity contribution in [1.82, 2.24) is 0 Å². The number of allylic oxidation sites excluding steroid dienone is 2. The molecule has 0 fully saturated rings. The summed E-state index contributed by atoms with van der Waals surface area (Å²) < 4.78 is 23.1. The van der Waals surface area contributed by atoms with Crippen molar-refractivity contribution in [2.75, 3.05) is 13.2 Å². The summed E-state index contributed by atoms with van der Waals surface area (Å²) in [5.74, 6) is 0. The second-order valence-electron chi connectivity index (χ2n) is 3.78. The Kier molecular flexibility index (Phi) is 5.98. The molecule has 0 saturated carbocycles. The normalized spacial score (nSPS) is 12.7. The molecule has 19 heavy (non-hydrogen) atoms. The Labute approximate surface area is 114 Å². The molecule has 0 aliphatic rings. The fraction of sp³-hybridized carbons (Fsp3) is 0.357. The van der Waals surface area contributed by atoms with Crippen LogP contribution in [0.5, 0.6) is 0 Å². The molecule has 0 atom stereocenters. The molecule has 0 radical (unpaired) electrons. The van der Waals surface area contributed by atoms with Crippen LogP contribution < -0.4 is 0 Å². The molecule has 5 heteroatoms. The van der Waals surface area contributed by atoms with Crippen molar-refractivity contribution in [1.29, 1.82) is 5.26 Å². The molecule has 0 aromatic heterocycles. The van der Waals surface area contributed by atoms with Crippen LogP contribution in [0, 0.1) is 11.3 Å². The van der Waals surface area contributed by atoms with Crippen LogP contribution in [0.25, 0.3) is 5.57 Å². The van der Waals surface area contributed by atoms with Crippen LogP contribution in [0.15, 0.2) is 35.6 Å². The second kappa shape index (κ2) is 7.25. The van der Waals surface area contributed by atoms with Gasteiger partial charge in [0.25, 0.3) is 0 Å². The van der Waals surface area contributed by atoms with Crippen molar-refractivity contribution >= 4 is 13.2 Å². The molecular formula is C14H18NO3P. The maximum absolute atomic E-state index is 12.6. The maximum Gasteiger partial charge on any atom is 0.372 e. The first-order chi connectivity index (χ1) is 9.09. The summed E-state index contributed by atoms with van der Waals surface area (Å²) in [6.07, 6.45) is 0. The minimum Gasteiger partial charge on any atom is -0.305 e. The predicted octanol–water partition coefficient (Wildman–Crippen LogP) is 4.21. The van der Waals surface area contributed by atoms with E-state index >= 15 is 0 Å². The zero-order chi connectivity index (χ0) is 14.3. The van der Waals surface area contributed by atoms with Crippen molar-refractivity contribution in [3.63, 3.8) is 0 Å². The molecule has 0 bridgehead atoms. The second-order valence-corrected chi connectivity index (χ2v) is 5.74. The van der Waals surface area contributed by atoms with Crippen LogP contribution in [-0.2, 0) is 13.6 Å². The maximum atomic E-state index is 12.6. The number of nitriles is 1. The van der Waals surface area contributed by atoms with E-state index in [2.05, 4.69) is 0 Å². The van der Waals surface area contributed by atoms with Gasteiger partial charge in [-0.25, -0.2) is 0 Å². The van der Waals surface area contributed by atoms with Crippen LogP contribution in [0.1, 0.15) is 26.3 Å². The number of hydrogen-bond acceptors (Lipinski definition) is 4. The van der Waals surface area contributed by atoms with Gasteiger partial charge >= 0.3 is 7.60 Å². The average molecular weight is 279 g/mol. The minimum absolute atomic E-state index is 0.0717. The molecule has 1 aromatic carbocycles. The van der Waals surface area contributed by atoms with Gasteiger partial charge in [-0.2, -0.15) is 5.26 Å². The quantitative estimate of drug-likeness (QED) is 0.578. The number of nitrogens with zero attached hydrogens (tertiary/aromatic N) is 1. The van der Waals surface area contributed by atoms with Gasteiger partial charge < -0.3 is 9.05 Å². The first kappa shape index (κ1) is 15.7. The average Bonchev–Trinajstić information content (AvgIpc) is 2.40. The molecule has 102 valence electrons. The van der Waals surface area contributed by atoms with E-state index in [1.54, 1.807) is 20.8 Å². The first-order valence-corrected chi connectivity index (χ1v) is 7.69. The number of rotatable bonds is 6. The lowest BCUT2D eigenvalue weighted by Crippen LogP contribution is -1.99. The Morgan fingerprint density at radius 1 is 1.21 bits per heavy atom. The lowest BCUT2D eigenvalue weighted by Gasteiger charge is -2.18. The molecule has 0 unspecified atom stereocenters. The highest BCUT2D eigenvalue weighted by atomic mass is 31.2. The van der Waals surface area contributed by atoms with Gasteiger partial charge in [-0.15, -0.1) is 0 Å². The van der Waals surface area contributed by atoms with Crippen LogP contribution in [0.3, 0.4) is 0 Å². The Balaban J connectivity index is 3.32.